The van der Waals surface area contributed by atoms with Crippen molar-refractivity contribution >= 4 is 32.5 Å². The van der Waals surface area contributed by atoms with Gasteiger partial charge in [-0.2, -0.15) is 0 Å². The van der Waals surface area contributed by atoms with Crippen molar-refractivity contribution < 1.29 is 35.5 Å². The SMILES string of the molecule is COc1ccnc2[nH]cc(C(=O)c3c(F)ccc(NS(=O)(=O)c4cc(F)ccc4F)c3F)c12. The molecule has 0 saturated carbocycles. The molecule has 7 nitrogen and oxygen atoms in total. The van der Waals surface area contributed by atoms with E-state index in [4.69, 9.17) is 4.74 Å². The van der Waals surface area contributed by atoms with Gasteiger partial charge in [-0.15, -0.1) is 0 Å². The van der Waals surface area contributed by atoms with Crippen molar-refractivity contribution in [2.24, 2.45) is 0 Å². The van der Waals surface area contributed by atoms with Gasteiger partial charge in [0.15, 0.2) is 5.82 Å². The van der Waals surface area contributed by atoms with Crippen LogP contribution in [-0.4, -0.2) is 31.3 Å². The van der Waals surface area contributed by atoms with E-state index in [0.717, 1.165) is 0 Å². The number of nitrogens with zero attached hydrogens (tertiary/aromatic N) is 1. The van der Waals surface area contributed by atoms with Crippen LogP contribution in [0.1, 0.15) is 15.9 Å². The number of carbonyl (C=O) groups is 1. The maximum Gasteiger partial charge on any atom is 0.265 e. The smallest absolute Gasteiger partial charge is 0.265 e. The molecule has 0 saturated heterocycles. The summed E-state index contributed by atoms with van der Waals surface area (Å²) in [6.45, 7) is 0. The van der Waals surface area contributed by atoms with Gasteiger partial charge in [-0.3, -0.25) is 9.52 Å². The fraction of sp³-hybridized carbons (Fsp3) is 0.0476. The molecule has 0 radical (unpaired) electrons. The topological polar surface area (TPSA) is 101 Å². The molecule has 0 aliphatic rings. The first kappa shape index (κ1) is 22.3. The third-order valence-electron chi connectivity index (χ3n) is 4.75. The predicted molar refractivity (Wildman–Crippen MR) is 110 cm³/mol. The summed E-state index contributed by atoms with van der Waals surface area (Å²) in [5.41, 5.74) is -1.86. The molecule has 0 fully saturated rings. The number of aromatic amines is 1. The zero-order valence-electron chi connectivity index (χ0n) is 16.6. The highest BCUT2D eigenvalue weighted by Gasteiger charge is 2.28. The van der Waals surface area contributed by atoms with E-state index in [9.17, 15) is 26.4 Å². The van der Waals surface area contributed by atoms with Crippen molar-refractivity contribution in [3.8, 4) is 5.75 Å². The monoisotopic (exact) mass is 479 g/mol. The van der Waals surface area contributed by atoms with Gasteiger partial charge in [0, 0.05) is 12.4 Å². The second-order valence-corrected chi connectivity index (χ2v) is 8.38. The second-order valence-electron chi connectivity index (χ2n) is 6.73. The molecule has 170 valence electrons. The molecule has 0 spiro atoms. The van der Waals surface area contributed by atoms with Gasteiger partial charge >= 0.3 is 0 Å². The standard InChI is InChI=1S/C21H13F4N3O4S/c1-32-15-6-7-26-21-17(15)11(9-27-21)20(29)18-13(24)4-5-14(19(18)25)28-33(30,31)16-8-10(22)2-3-12(16)23/h2-9,28H,1H3,(H,26,27). The molecule has 0 aliphatic heterocycles. The fourth-order valence-corrected chi connectivity index (χ4v) is 4.38. The first-order valence-corrected chi connectivity index (χ1v) is 10.6. The molecule has 2 heterocycles. The highest BCUT2D eigenvalue weighted by atomic mass is 32.2. The number of hydrogen-bond acceptors (Lipinski definition) is 5. The number of hydrogen-bond donors (Lipinski definition) is 2. The summed E-state index contributed by atoms with van der Waals surface area (Å²) in [7, 11) is -3.49. The molecule has 0 aliphatic carbocycles. The van der Waals surface area contributed by atoms with E-state index in [1.54, 1.807) is 4.72 Å². The minimum Gasteiger partial charge on any atom is -0.496 e. The third-order valence-corrected chi connectivity index (χ3v) is 6.13. The number of benzene rings is 2. The Morgan fingerprint density at radius 3 is 2.52 bits per heavy atom. The van der Waals surface area contributed by atoms with Gasteiger partial charge in [0.25, 0.3) is 10.0 Å². The minimum atomic E-state index is -4.82. The van der Waals surface area contributed by atoms with Gasteiger partial charge in [0.1, 0.15) is 33.7 Å². The van der Waals surface area contributed by atoms with E-state index in [1.807, 2.05) is 0 Å². The second kappa shape index (κ2) is 8.20. The van der Waals surface area contributed by atoms with Crippen LogP contribution < -0.4 is 9.46 Å². The van der Waals surface area contributed by atoms with E-state index in [1.165, 1.54) is 25.6 Å². The summed E-state index contributed by atoms with van der Waals surface area (Å²) < 4.78 is 88.9. The highest BCUT2D eigenvalue weighted by molar-refractivity contribution is 7.92. The summed E-state index contributed by atoms with van der Waals surface area (Å²) in [6.07, 6.45) is 2.58. The number of carbonyl (C=O) groups excluding carboxylic acids is 1. The van der Waals surface area contributed by atoms with Gasteiger partial charge in [-0.1, -0.05) is 0 Å². The largest absolute Gasteiger partial charge is 0.496 e. The fourth-order valence-electron chi connectivity index (χ4n) is 3.23. The summed E-state index contributed by atoms with van der Waals surface area (Å²) in [6, 6.07) is 4.51. The Bertz CT molecular complexity index is 1520. The minimum absolute atomic E-state index is 0.164. The van der Waals surface area contributed by atoms with Crippen molar-refractivity contribution in [3.63, 3.8) is 0 Å². The van der Waals surface area contributed by atoms with Crippen LogP contribution in [0.4, 0.5) is 23.2 Å². The van der Waals surface area contributed by atoms with E-state index in [0.29, 0.717) is 30.3 Å². The Labute approximate surface area is 184 Å². The number of sulfonamides is 1. The molecule has 4 aromatic rings. The van der Waals surface area contributed by atoms with Crippen LogP contribution in [0.25, 0.3) is 11.0 Å². The number of rotatable bonds is 6. The number of ketones is 1. The zero-order valence-corrected chi connectivity index (χ0v) is 17.4. The molecule has 33 heavy (non-hydrogen) atoms. The summed E-state index contributed by atoms with van der Waals surface area (Å²) in [5, 5.41) is 0.164. The molecule has 0 atom stereocenters. The maximum absolute atomic E-state index is 15.2. The molecule has 2 aromatic carbocycles. The lowest BCUT2D eigenvalue weighted by Gasteiger charge is -2.12. The van der Waals surface area contributed by atoms with Crippen LogP contribution in [-0.2, 0) is 10.0 Å². The van der Waals surface area contributed by atoms with E-state index in [2.05, 4.69) is 9.97 Å². The quantitative estimate of drug-likeness (QED) is 0.320. The number of fused-ring (bicyclic) bond motifs is 1. The summed E-state index contributed by atoms with van der Waals surface area (Å²) >= 11 is 0. The van der Waals surface area contributed by atoms with Crippen molar-refractivity contribution in [2.75, 3.05) is 11.8 Å². The average Bonchev–Trinajstić information content (AvgIpc) is 3.21. The molecule has 12 heteroatoms. The Kier molecular flexibility index (Phi) is 5.54. The van der Waals surface area contributed by atoms with Gasteiger partial charge < -0.3 is 9.72 Å². The number of pyridine rings is 1. The van der Waals surface area contributed by atoms with Crippen molar-refractivity contribution in [2.45, 2.75) is 4.90 Å². The average molecular weight is 479 g/mol. The van der Waals surface area contributed by atoms with Gasteiger partial charge in [-0.25, -0.2) is 31.0 Å². The lowest BCUT2D eigenvalue weighted by atomic mass is 10.0. The summed E-state index contributed by atoms with van der Waals surface area (Å²) in [5.74, 6) is -6.06. The van der Waals surface area contributed by atoms with Crippen LogP contribution in [0.3, 0.4) is 0 Å². The van der Waals surface area contributed by atoms with E-state index < -0.39 is 55.2 Å². The highest BCUT2D eigenvalue weighted by Crippen LogP contribution is 2.32. The van der Waals surface area contributed by atoms with Gasteiger partial charge in [0.05, 0.1) is 29.3 Å². The Hall–Kier alpha value is -3.93. The molecule has 2 aromatic heterocycles. The number of methoxy groups -OCH3 is 1. The van der Waals surface area contributed by atoms with Crippen LogP contribution >= 0.6 is 0 Å². The van der Waals surface area contributed by atoms with Crippen molar-refractivity contribution in [1.82, 2.24) is 9.97 Å². The molecular weight excluding hydrogens is 466 g/mol. The summed E-state index contributed by atoms with van der Waals surface area (Å²) in [4.78, 5) is 18.7. The van der Waals surface area contributed by atoms with E-state index in [-0.39, 0.29) is 22.3 Å². The number of anilines is 1. The number of nitrogens with one attached hydrogen (secondary N) is 2. The number of ether oxygens (including phenoxy) is 1. The predicted octanol–water partition coefficient (Wildman–Crippen LogP) is 4.16. The number of H-pyrrole nitrogens is 1. The van der Waals surface area contributed by atoms with Crippen molar-refractivity contribution in [1.29, 1.82) is 0 Å². The molecule has 0 bridgehead atoms. The van der Waals surface area contributed by atoms with E-state index >= 15 is 4.39 Å². The van der Waals surface area contributed by atoms with Gasteiger partial charge in [0.2, 0.25) is 5.78 Å². The number of halogens is 4. The molecule has 0 unspecified atom stereocenters. The lowest BCUT2D eigenvalue weighted by molar-refractivity contribution is 0.103. The number of aromatic nitrogens is 2. The Morgan fingerprint density at radius 2 is 1.79 bits per heavy atom. The van der Waals surface area contributed by atoms with Gasteiger partial charge in [-0.05, 0) is 36.4 Å². The Balaban J connectivity index is 1.80. The molecule has 0 amide bonds. The van der Waals surface area contributed by atoms with Crippen molar-refractivity contribution in [3.05, 3.63) is 83.2 Å². The van der Waals surface area contributed by atoms with Crippen LogP contribution in [0, 0.1) is 23.3 Å². The van der Waals surface area contributed by atoms with Crippen LogP contribution in [0.5, 0.6) is 5.75 Å². The Morgan fingerprint density at radius 1 is 1.06 bits per heavy atom. The molecule has 2 N–H and O–H groups in total. The molecular formula is C21H13F4N3O4S. The zero-order chi connectivity index (χ0) is 23.9. The first-order valence-electron chi connectivity index (χ1n) is 9.14. The van der Waals surface area contributed by atoms with Crippen LogP contribution in [0.15, 0.2) is 53.7 Å². The van der Waals surface area contributed by atoms with Crippen LogP contribution in [0.2, 0.25) is 0 Å². The first-order chi connectivity index (χ1) is 15.6. The molecule has 4 rings (SSSR count). The lowest BCUT2D eigenvalue weighted by Crippen LogP contribution is -2.18. The normalized spacial score (nSPS) is 11.5. The maximum atomic E-state index is 15.2. The third kappa shape index (κ3) is 3.89.